The summed E-state index contributed by atoms with van der Waals surface area (Å²) in [4.78, 5) is 24.2. The van der Waals surface area contributed by atoms with Crippen molar-refractivity contribution in [3.63, 3.8) is 0 Å². The van der Waals surface area contributed by atoms with Gasteiger partial charge in [0.05, 0.1) is 0 Å². The lowest BCUT2D eigenvalue weighted by atomic mass is 10.1. The molecular formula is C21H21N3O2. The van der Waals surface area contributed by atoms with Crippen molar-refractivity contribution >= 4 is 11.8 Å². The zero-order chi connectivity index (χ0) is 18.4. The summed E-state index contributed by atoms with van der Waals surface area (Å²) in [6, 6.07) is 18.6. The molecule has 1 heterocycles. The molecule has 0 fully saturated rings. The number of carbonyl (C=O) groups is 2. The number of hydrogen-bond donors (Lipinski definition) is 2. The monoisotopic (exact) mass is 347 g/mol. The first-order valence-electron chi connectivity index (χ1n) is 8.50. The van der Waals surface area contributed by atoms with Gasteiger partial charge in [-0.1, -0.05) is 17.7 Å². The highest BCUT2D eigenvalue weighted by Gasteiger charge is 2.07. The minimum Gasteiger partial charge on any atom is -0.350 e. The first-order chi connectivity index (χ1) is 12.6. The number of hydrogen-bond acceptors (Lipinski definition) is 2. The Balaban J connectivity index is 1.45. The second-order valence-electron chi connectivity index (χ2n) is 6.02. The van der Waals surface area contributed by atoms with Gasteiger partial charge in [-0.25, -0.2) is 0 Å². The van der Waals surface area contributed by atoms with Crippen molar-refractivity contribution in [3.8, 4) is 5.69 Å². The predicted octanol–water partition coefficient (Wildman–Crippen LogP) is 2.95. The van der Waals surface area contributed by atoms with Crippen molar-refractivity contribution in [2.45, 2.75) is 6.92 Å². The largest absolute Gasteiger partial charge is 0.350 e. The van der Waals surface area contributed by atoms with Crippen LogP contribution in [-0.4, -0.2) is 29.5 Å². The van der Waals surface area contributed by atoms with Crippen LogP contribution in [0.5, 0.6) is 0 Å². The summed E-state index contributed by atoms with van der Waals surface area (Å²) in [6.45, 7) is 2.72. The highest BCUT2D eigenvalue weighted by atomic mass is 16.2. The molecule has 1 aromatic heterocycles. The molecule has 2 N–H and O–H groups in total. The molecule has 3 rings (SSSR count). The lowest BCUT2D eigenvalue weighted by Crippen LogP contribution is -2.34. The number of carbonyl (C=O) groups excluding carboxylic acids is 2. The van der Waals surface area contributed by atoms with Crippen LogP contribution >= 0.6 is 0 Å². The van der Waals surface area contributed by atoms with Gasteiger partial charge in [-0.05, 0) is 55.5 Å². The standard InChI is InChI=1S/C21H21N3O2/c1-16-4-6-17(7-5-16)20(25)22-12-13-23-21(26)18-8-10-19(11-9-18)24-14-2-3-15-24/h2-11,14-15H,12-13H2,1H3,(H,22,25)(H,23,26). The minimum absolute atomic E-state index is 0.143. The third-order valence-corrected chi connectivity index (χ3v) is 4.04. The molecule has 0 radical (unpaired) electrons. The van der Waals surface area contributed by atoms with Crippen LogP contribution in [0.15, 0.2) is 73.1 Å². The lowest BCUT2D eigenvalue weighted by Gasteiger charge is -2.08. The molecule has 0 bridgehead atoms. The molecule has 0 aliphatic carbocycles. The maximum atomic E-state index is 12.2. The van der Waals surface area contributed by atoms with E-state index in [9.17, 15) is 9.59 Å². The first kappa shape index (κ1) is 17.5. The van der Waals surface area contributed by atoms with E-state index in [1.807, 2.05) is 60.3 Å². The SMILES string of the molecule is Cc1ccc(C(=O)NCCNC(=O)c2ccc(-n3cccc3)cc2)cc1. The zero-order valence-corrected chi connectivity index (χ0v) is 14.6. The number of nitrogens with zero attached hydrogens (tertiary/aromatic N) is 1. The highest BCUT2D eigenvalue weighted by molar-refractivity contribution is 5.95. The van der Waals surface area contributed by atoms with Crippen LogP contribution in [0.1, 0.15) is 26.3 Å². The molecule has 0 atom stereocenters. The average molecular weight is 347 g/mol. The van der Waals surface area contributed by atoms with Crippen molar-refractivity contribution in [3.05, 3.63) is 89.7 Å². The first-order valence-corrected chi connectivity index (χ1v) is 8.50. The maximum absolute atomic E-state index is 12.2. The van der Waals surface area contributed by atoms with E-state index >= 15 is 0 Å². The Bertz CT molecular complexity index is 867. The van der Waals surface area contributed by atoms with Crippen molar-refractivity contribution in [1.82, 2.24) is 15.2 Å². The molecule has 5 nitrogen and oxygen atoms in total. The average Bonchev–Trinajstić information content (AvgIpc) is 3.20. The van der Waals surface area contributed by atoms with Crippen LogP contribution in [0.3, 0.4) is 0 Å². The predicted molar refractivity (Wildman–Crippen MR) is 102 cm³/mol. The van der Waals surface area contributed by atoms with Crippen molar-refractivity contribution < 1.29 is 9.59 Å². The van der Waals surface area contributed by atoms with Crippen molar-refractivity contribution in [2.75, 3.05) is 13.1 Å². The molecule has 26 heavy (non-hydrogen) atoms. The van der Waals surface area contributed by atoms with Gasteiger partial charge in [0.25, 0.3) is 11.8 Å². The van der Waals surface area contributed by atoms with Crippen molar-refractivity contribution in [1.29, 1.82) is 0 Å². The van der Waals surface area contributed by atoms with Gasteiger partial charge in [-0.15, -0.1) is 0 Å². The molecule has 2 aromatic carbocycles. The van der Waals surface area contributed by atoms with E-state index in [0.29, 0.717) is 24.2 Å². The third-order valence-electron chi connectivity index (χ3n) is 4.04. The van der Waals surface area contributed by atoms with E-state index in [-0.39, 0.29) is 11.8 Å². The van der Waals surface area contributed by atoms with Crippen LogP contribution in [0.25, 0.3) is 5.69 Å². The summed E-state index contributed by atoms with van der Waals surface area (Å²) >= 11 is 0. The zero-order valence-electron chi connectivity index (χ0n) is 14.6. The fourth-order valence-electron chi connectivity index (χ4n) is 2.55. The quantitative estimate of drug-likeness (QED) is 0.674. The summed E-state index contributed by atoms with van der Waals surface area (Å²) in [5, 5.41) is 5.60. The molecule has 2 amide bonds. The molecule has 0 saturated heterocycles. The summed E-state index contributed by atoms with van der Waals surface area (Å²) in [6.07, 6.45) is 3.90. The number of amides is 2. The normalized spacial score (nSPS) is 10.3. The lowest BCUT2D eigenvalue weighted by molar-refractivity contribution is 0.0927. The molecule has 3 aromatic rings. The molecule has 0 unspecified atom stereocenters. The number of benzene rings is 2. The van der Waals surface area contributed by atoms with E-state index in [1.165, 1.54) is 0 Å². The topological polar surface area (TPSA) is 63.1 Å². The Morgan fingerprint density at radius 1 is 0.769 bits per heavy atom. The number of nitrogens with one attached hydrogen (secondary N) is 2. The third kappa shape index (κ3) is 4.39. The Morgan fingerprint density at radius 2 is 1.23 bits per heavy atom. The molecule has 0 aliphatic rings. The Hall–Kier alpha value is -3.34. The van der Waals surface area contributed by atoms with Crippen LogP contribution in [-0.2, 0) is 0 Å². The van der Waals surface area contributed by atoms with Crippen LogP contribution in [0, 0.1) is 6.92 Å². The van der Waals surface area contributed by atoms with Crippen LogP contribution in [0.4, 0.5) is 0 Å². The van der Waals surface area contributed by atoms with Gasteiger partial charge < -0.3 is 15.2 Å². The van der Waals surface area contributed by atoms with Crippen molar-refractivity contribution in [2.24, 2.45) is 0 Å². The second-order valence-corrected chi connectivity index (χ2v) is 6.02. The molecular weight excluding hydrogens is 326 g/mol. The van der Waals surface area contributed by atoms with E-state index in [1.54, 1.807) is 24.3 Å². The summed E-state index contributed by atoms with van der Waals surface area (Å²) in [5.41, 5.74) is 3.31. The maximum Gasteiger partial charge on any atom is 0.251 e. The number of aromatic nitrogens is 1. The van der Waals surface area contributed by atoms with E-state index < -0.39 is 0 Å². The van der Waals surface area contributed by atoms with Gasteiger partial charge in [0.2, 0.25) is 0 Å². The van der Waals surface area contributed by atoms with Crippen LogP contribution < -0.4 is 10.6 Å². The van der Waals surface area contributed by atoms with Gasteiger partial charge in [-0.3, -0.25) is 9.59 Å². The van der Waals surface area contributed by atoms with Gasteiger partial charge in [-0.2, -0.15) is 0 Å². The highest BCUT2D eigenvalue weighted by Crippen LogP contribution is 2.10. The number of aryl methyl sites for hydroxylation is 1. The Morgan fingerprint density at radius 3 is 1.73 bits per heavy atom. The summed E-state index contributed by atoms with van der Waals surface area (Å²) in [7, 11) is 0. The molecule has 0 saturated carbocycles. The van der Waals surface area contributed by atoms with Gasteiger partial charge in [0.15, 0.2) is 0 Å². The molecule has 132 valence electrons. The van der Waals surface area contributed by atoms with E-state index in [2.05, 4.69) is 10.6 Å². The van der Waals surface area contributed by atoms with E-state index in [4.69, 9.17) is 0 Å². The van der Waals surface area contributed by atoms with Crippen LogP contribution in [0.2, 0.25) is 0 Å². The molecule has 5 heteroatoms. The fourth-order valence-corrected chi connectivity index (χ4v) is 2.55. The Kier molecular flexibility index (Phi) is 5.49. The molecule has 0 spiro atoms. The smallest absolute Gasteiger partial charge is 0.251 e. The van der Waals surface area contributed by atoms with Gasteiger partial charge in [0, 0.05) is 42.3 Å². The fraction of sp³-hybridized carbons (Fsp3) is 0.143. The minimum atomic E-state index is -0.159. The van der Waals surface area contributed by atoms with Gasteiger partial charge >= 0.3 is 0 Å². The Labute approximate surface area is 152 Å². The molecule has 0 aliphatic heterocycles. The van der Waals surface area contributed by atoms with Gasteiger partial charge in [0.1, 0.15) is 0 Å². The van der Waals surface area contributed by atoms with E-state index in [0.717, 1.165) is 11.3 Å². The summed E-state index contributed by atoms with van der Waals surface area (Å²) < 4.78 is 1.97. The summed E-state index contributed by atoms with van der Waals surface area (Å²) in [5.74, 6) is -0.302. The number of rotatable bonds is 6. The second kappa shape index (κ2) is 8.16.